The molecule has 19 heavy (non-hydrogen) atoms. The van der Waals surface area contributed by atoms with Crippen molar-refractivity contribution in [3.05, 3.63) is 35.1 Å². The minimum atomic E-state index is -0.303. The van der Waals surface area contributed by atoms with Crippen molar-refractivity contribution in [3.8, 4) is 0 Å². The van der Waals surface area contributed by atoms with Gasteiger partial charge in [0.25, 0.3) is 5.91 Å². The van der Waals surface area contributed by atoms with E-state index in [9.17, 15) is 9.18 Å². The molecule has 0 aliphatic carbocycles. The number of carbonyl (C=O) groups excluding carboxylic acids is 1. The Bertz CT molecular complexity index is 409. The number of halogens is 1. The first kappa shape index (κ1) is 16.0. The van der Waals surface area contributed by atoms with Crippen molar-refractivity contribution in [1.29, 1.82) is 0 Å². The van der Waals surface area contributed by atoms with Crippen molar-refractivity contribution >= 4 is 17.7 Å². The molecule has 0 heterocycles. The molecule has 0 radical (unpaired) electrons. The van der Waals surface area contributed by atoms with Crippen LogP contribution < -0.4 is 5.32 Å². The van der Waals surface area contributed by atoms with E-state index in [-0.39, 0.29) is 11.7 Å². The zero-order valence-corrected chi connectivity index (χ0v) is 12.5. The maximum absolute atomic E-state index is 12.9. The molecule has 0 unspecified atom stereocenters. The van der Waals surface area contributed by atoms with Crippen LogP contribution >= 0.6 is 11.8 Å². The number of aryl methyl sites for hydroxylation is 1. The van der Waals surface area contributed by atoms with Crippen LogP contribution in [0.15, 0.2) is 18.2 Å². The lowest BCUT2D eigenvalue weighted by Gasteiger charge is -2.07. The summed E-state index contributed by atoms with van der Waals surface area (Å²) in [5.74, 6) is 0.797. The van der Waals surface area contributed by atoms with Crippen molar-refractivity contribution in [2.45, 2.75) is 32.6 Å². The van der Waals surface area contributed by atoms with Gasteiger partial charge in [-0.3, -0.25) is 4.79 Å². The Balaban J connectivity index is 2.24. The van der Waals surface area contributed by atoms with Crippen LogP contribution in [0.5, 0.6) is 0 Å². The quantitative estimate of drug-likeness (QED) is 0.735. The minimum absolute atomic E-state index is 0.110. The highest BCUT2D eigenvalue weighted by atomic mass is 32.2. The van der Waals surface area contributed by atoms with Gasteiger partial charge in [-0.15, -0.1) is 0 Å². The number of hydrogen-bond donors (Lipinski definition) is 1. The summed E-state index contributed by atoms with van der Waals surface area (Å²) in [5, 5.41) is 2.88. The van der Waals surface area contributed by atoms with Gasteiger partial charge in [-0.1, -0.05) is 12.8 Å². The Morgan fingerprint density at radius 1 is 1.26 bits per heavy atom. The Hall–Kier alpha value is -1.03. The SMILES string of the molecule is CSCCCCCCNC(=O)c1ccc(F)cc1C. The third-order valence-electron chi connectivity index (χ3n) is 2.99. The van der Waals surface area contributed by atoms with Crippen molar-refractivity contribution < 1.29 is 9.18 Å². The molecule has 106 valence electrons. The average Bonchev–Trinajstić information content (AvgIpc) is 2.37. The number of benzene rings is 1. The fourth-order valence-corrected chi connectivity index (χ4v) is 2.40. The lowest BCUT2D eigenvalue weighted by atomic mass is 10.1. The van der Waals surface area contributed by atoms with E-state index in [0.29, 0.717) is 17.7 Å². The summed E-state index contributed by atoms with van der Waals surface area (Å²) < 4.78 is 12.9. The van der Waals surface area contributed by atoms with E-state index in [0.717, 1.165) is 12.8 Å². The molecule has 0 bridgehead atoms. The average molecular weight is 283 g/mol. The third kappa shape index (κ3) is 6.10. The third-order valence-corrected chi connectivity index (χ3v) is 3.69. The smallest absolute Gasteiger partial charge is 0.251 e. The lowest BCUT2D eigenvalue weighted by molar-refractivity contribution is 0.0952. The topological polar surface area (TPSA) is 29.1 Å². The van der Waals surface area contributed by atoms with Crippen LogP contribution in [0.3, 0.4) is 0 Å². The second kappa shape index (κ2) is 8.97. The van der Waals surface area contributed by atoms with Crippen LogP contribution in [0.2, 0.25) is 0 Å². The number of rotatable bonds is 8. The zero-order valence-electron chi connectivity index (χ0n) is 11.7. The van der Waals surface area contributed by atoms with Gasteiger partial charge in [-0.2, -0.15) is 11.8 Å². The van der Waals surface area contributed by atoms with E-state index in [1.807, 2.05) is 11.8 Å². The van der Waals surface area contributed by atoms with Crippen molar-refractivity contribution in [2.24, 2.45) is 0 Å². The number of hydrogen-bond acceptors (Lipinski definition) is 2. The molecule has 1 aromatic carbocycles. The van der Waals surface area contributed by atoms with Gasteiger partial charge in [-0.05, 0) is 55.5 Å². The van der Waals surface area contributed by atoms with E-state index in [1.165, 1.54) is 30.7 Å². The highest BCUT2D eigenvalue weighted by molar-refractivity contribution is 7.98. The van der Waals surface area contributed by atoms with Gasteiger partial charge >= 0.3 is 0 Å². The minimum Gasteiger partial charge on any atom is -0.352 e. The Morgan fingerprint density at radius 3 is 2.68 bits per heavy atom. The predicted molar refractivity (Wildman–Crippen MR) is 80.3 cm³/mol. The van der Waals surface area contributed by atoms with Crippen LogP contribution in [0.4, 0.5) is 4.39 Å². The van der Waals surface area contributed by atoms with Crippen LogP contribution in [-0.2, 0) is 0 Å². The van der Waals surface area contributed by atoms with Crippen LogP contribution in [0.1, 0.15) is 41.6 Å². The predicted octanol–water partition coefficient (Wildman–Crippen LogP) is 3.79. The number of amides is 1. The first-order chi connectivity index (χ1) is 9.15. The molecule has 0 aliphatic rings. The molecule has 0 aromatic heterocycles. The molecular formula is C15H22FNOS. The largest absolute Gasteiger partial charge is 0.352 e. The molecule has 0 spiro atoms. The Morgan fingerprint density at radius 2 is 2.00 bits per heavy atom. The van der Waals surface area contributed by atoms with Crippen LogP contribution in [0.25, 0.3) is 0 Å². The molecule has 4 heteroatoms. The molecule has 0 saturated heterocycles. The summed E-state index contributed by atoms with van der Waals surface area (Å²) in [4.78, 5) is 11.9. The zero-order chi connectivity index (χ0) is 14.1. The summed E-state index contributed by atoms with van der Waals surface area (Å²) >= 11 is 1.87. The molecule has 2 nitrogen and oxygen atoms in total. The van der Waals surface area contributed by atoms with Gasteiger partial charge < -0.3 is 5.32 Å². The number of carbonyl (C=O) groups is 1. The van der Waals surface area contributed by atoms with Crippen molar-refractivity contribution in [1.82, 2.24) is 5.32 Å². The molecule has 0 fully saturated rings. The Labute approximate surface area is 119 Å². The lowest BCUT2D eigenvalue weighted by Crippen LogP contribution is -2.25. The van der Waals surface area contributed by atoms with Crippen LogP contribution in [0, 0.1) is 12.7 Å². The summed E-state index contributed by atoms with van der Waals surface area (Å²) in [6.07, 6.45) is 6.72. The highest BCUT2D eigenvalue weighted by Crippen LogP contribution is 2.10. The molecule has 1 aromatic rings. The van der Waals surface area contributed by atoms with Crippen molar-refractivity contribution in [3.63, 3.8) is 0 Å². The van der Waals surface area contributed by atoms with E-state index in [2.05, 4.69) is 11.6 Å². The molecular weight excluding hydrogens is 261 g/mol. The van der Waals surface area contributed by atoms with Gasteiger partial charge in [0, 0.05) is 12.1 Å². The first-order valence-electron chi connectivity index (χ1n) is 6.68. The maximum Gasteiger partial charge on any atom is 0.251 e. The fourth-order valence-electron chi connectivity index (χ4n) is 1.90. The molecule has 0 atom stereocenters. The monoisotopic (exact) mass is 283 g/mol. The summed E-state index contributed by atoms with van der Waals surface area (Å²) in [6, 6.07) is 4.25. The molecule has 1 N–H and O–H groups in total. The molecule has 0 saturated carbocycles. The second-order valence-electron chi connectivity index (χ2n) is 4.62. The van der Waals surface area contributed by atoms with E-state index in [4.69, 9.17) is 0 Å². The number of thioether (sulfide) groups is 1. The van der Waals surface area contributed by atoms with Gasteiger partial charge in [0.05, 0.1) is 0 Å². The summed E-state index contributed by atoms with van der Waals surface area (Å²) in [5.41, 5.74) is 1.24. The van der Waals surface area contributed by atoms with Crippen LogP contribution in [-0.4, -0.2) is 24.5 Å². The normalized spacial score (nSPS) is 10.5. The summed E-state index contributed by atoms with van der Waals surface area (Å²) in [7, 11) is 0. The Kier molecular flexibility index (Phi) is 7.56. The second-order valence-corrected chi connectivity index (χ2v) is 5.61. The first-order valence-corrected chi connectivity index (χ1v) is 8.08. The highest BCUT2D eigenvalue weighted by Gasteiger charge is 2.08. The molecule has 1 amide bonds. The molecule has 1 rings (SSSR count). The van der Waals surface area contributed by atoms with Gasteiger partial charge in [-0.25, -0.2) is 4.39 Å². The number of unbranched alkanes of at least 4 members (excludes halogenated alkanes) is 3. The van der Waals surface area contributed by atoms with E-state index < -0.39 is 0 Å². The van der Waals surface area contributed by atoms with Gasteiger partial charge in [0.1, 0.15) is 5.82 Å². The van der Waals surface area contributed by atoms with Crippen molar-refractivity contribution in [2.75, 3.05) is 18.6 Å². The van der Waals surface area contributed by atoms with Gasteiger partial charge in [0.2, 0.25) is 0 Å². The summed E-state index contributed by atoms with van der Waals surface area (Å²) in [6.45, 7) is 2.44. The standard InChI is InChI=1S/C15H22FNOS/c1-12-11-13(16)7-8-14(12)15(18)17-9-5-3-4-6-10-19-2/h7-8,11H,3-6,9-10H2,1-2H3,(H,17,18). The maximum atomic E-state index is 12.9. The van der Waals surface area contributed by atoms with E-state index in [1.54, 1.807) is 13.0 Å². The molecule has 0 aliphatic heterocycles. The number of nitrogens with one attached hydrogen (secondary N) is 1. The fraction of sp³-hybridized carbons (Fsp3) is 0.533. The van der Waals surface area contributed by atoms with Gasteiger partial charge in [0.15, 0.2) is 0 Å². The van der Waals surface area contributed by atoms with E-state index >= 15 is 0 Å².